The smallest absolute Gasteiger partial charge is 0.330 e. The molecule has 0 unspecified atom stereocenters. The number of rotatable bonds is 2. The summed E-state index contributed by atoms with van der Waals surface area (Å²) < 4.78 is 4.82. The van der Waals surface area contributed by atoms with E-state index in [1.165, 1.54) is 0 Å². The van der Waals surface area contributed by atoms with E-state index in [2.05, 4.69) is 6.07 Å². The average molecular weight is 193 g/mol. The molecule has 0 atom stereocenters. The van der Waals surface area contributed by atoms with Crippen LogP contribution in [-0.4, -0.2) is 12.6 Å². The number of carbonyl (C=O) groups is 1. The van der Waals surface area contributed by atoms with Crippen molar-refractivity contribution < 1.29 is 9.53 Å². The topological polar surface area (TPSA) is 50.1 Å². The molecule has 1 rings (SSSR count). The SMILES string of the molecule is CCOC(=O)C=C1CCC(C#N)CC1. The molecule has 3 heteroatoms. The van der Waals surface area contributed by atoms with Crippen LogP contribution in [0.3, 0.4) is 0 Å². The highest BCUT2D eigenvalue weighted by molar-refractivity contribution is 5.82. The minimum atomic E-state index is -0.252. The number of nitrogens with zero attached hydrogens (tertiary/aromatic N) is 1. The maximum absolute atomic E-state index is 11.1. The Morgan fingerprint density at radius 1 is 1.64 bits per heavy atom. The van der Waals surface area contributed by atoms with Gasteiger partial charge in [-0.3, -0.25) is 0 Å². The van der Waals surface area contributed by atoms with Gasteiger partial charge in [0.05, 0.1) is 12.7 Å². The highest BCUT2D eigenvalue weighted by atomic mass is 16.5. The fourth-order valence-electron chi connectivity index (χ4n) is 1.61. The summed E-state index contributed by atoms with van der Waals surface area (Å²) in [4.78, 5) is 11.1. The van der Waals surface area contributed by atoms with Crippen molar-refractivity contribution in [3.05, 3.63) is 11.6 Å². The Morgan fingerprint density at radius 2 is 2.29 bits per heavy atom. The molecule has 0 radical (unpaired) electrons. The van der Waals surface area contributed by atoms with E-state index in [-0.39, 0.29) is 11.9 Å². The second kappa shape index (κ2) is 5.43. The van der Waals surface area contributed by atoms with Crippen LogP contribution in [0.1, 0.15) is 32.6 Å². The maximum atomic E-state index is 11.1. The van der Waals surface area contributed by atoms with Gasteiger partial charge in [-0.15, -0.1) is 0 Å². The van der Waals surface area contributed by atoms with Gasteiger partial charge in [0.2, 0.25) is 0 Å². The molecular formula is C11H15NO2. The number of hydrogen-bond acceptors (Lipinski definition) is 3. The largest absolute Gasteiger partial charge is 0.463 e. The summed E-state index contributed by atoms with van der Waals surface area (Å²) in [5, 5.41) is 8.68. The first-order valence-electron chi connectivity index (χ1n) is 5.02. The number of allylic oxidation sites excluding steroid dienone is 1. The summed E-state index contributed by atoms with van der Waals surface area (Å²) >= 11 is 0. The van der Waals surface area contributed by atoms with Gasteiger partial charge >= 0.3 is 5.97 Å². The van der Waals surface area contributed by atoms with Crippen LogP contribution in [0.4, 0.5) is 0 Å². The van der Waals surface area contributed by atoms with E-state index in [9.17, 15) is 4.79 Å². The molecular weight excluding hydrogens is 178 g/mol. The van der Waals surface area contributed by atoms with E-state index in [4.69, 9.17) is 10.00 Å². The molecule has 0 N–H and O–H groups in total. The minimum Gasteiger partial charge on any atom is -0.463 e. The van der Waals surface area contributed by atoms with Crippen LogP contribution in [-0.2, 0) is 9.53 Å². The summed E-state index contributed by atoms with van der Waals surface area (Å²) in [6, 6.07) is 2.26. The molecule has 0 amide bonds. The lowest BCUT2D eigenvalue weighted by Crippen LogP contribution is -2.08. The van der Waals surface area contributed by atoms with Gasteiger partial charge in [0.15, 0.2) is 0 Å². The Labute approximate surface area is 84.4 Å². The van der Waals surface area contributed by atoms with Crippen LogP contribution in [0.5, 0.6) is 0 Å². The van der Waals surface area contributed by atoms with Gasteiger partial charge in [-0.05, 0) is 32.6 Å². The van der Waals surface area contributed by atoms with Crippen LogP contribution >= 0.6 is 0 Å². The molecule has 0 aromatic carbocycles. The van der Waals surface area contributed by atoms with Crippen molar-refractivity contribution in [3.8, 4) is 6.07 Å². The lowest BCUT2D eigenvalue weighted by Gasteiger charge is -2.17. The maximum Gasteiger partial charge on any atom is 0.330 e. The predicted octanol–water partition coefficient (Wildman–Crippen LogP) is 2.19. The van der Waals surface area contributed by atoms with Crippen LogP contribution in [0, 0.1) is 17.2 Å². The van der Waals surface area contributed by atoms with E-state index < -0.39 is 0 Å². The number of carbonyl (C=O) groups excluding carboxylic acids is 1. The van der Waals surface area contributed by atoms with E-state index in [0.717, 1.165) is 31.3 Å². The van der Waals surface area contributed by atoms with Gasteiger partial charge < -0.3 is 4.74 Å². The predicted molar refractivity (Wildman–Crippen MR) is 52.3 cm³/mol. The normalized spacial score (nSPS) is 21.1. The first-order chi connectivity index (χ1) is 6.76. The molecule has 0 bridgehead atoms. The summed E-state index contributed by atoms with van der Waals surface area (Å²) in [5.74, 6) is -0.0766. The molecule has 0 heterocycles. The standard InChI is InChI=1S/C11H15NO2/c1-2-14-11(13)7-9-3-5-10(8-12)6-4-9/h7,10H,2-6H2,1H3. The van der Waals surface area contributed by atoms with Crippen molar-refractivity contribution in [2.24, 2.45) is 5.92 Å². The Hall–Kier alpha value is -1.30. The van der Waals surface area contributed by atoms with Gasteiger partial charge in [-0.25, -0.2) is 4.79 Å². The van der Waals surface area contributed by atoms with Crippen molar-refractivity contribution in [2.75, 3.05) is 6.61 Å². The quantitative estimate of drug-likeness (QED) is 0.499. The van der Waals surface area contributed by atoms with E-state index in [1.54, 1.807) is 13.0 Å². The third-order valence-electron chi connectivity index (χ3n) is 2.42. The van der Waals surface area contributed by atoms with E-state index in [1.807, 2.05) is 0 Å². The Kier molecular flexibility index (Phi) is 4.18. The molecule has 1 saturated carbocycles. The summed E-state index contributed by atoms with van der Waals surface area (Å²) in [5.41, 5.74) is 1.12. The van der Waals surface area contributed by atoms with Gasteiger partial charge in [0.25, 0.3) is 0 Å². The van der Waals surface area contributed by atoms with Crippen molar-refractivity contribution >= 4 is 5.97 Å². The molecule has 3 nitrogen and oxygen atoms in total. The Bertz CT molecular complexity index is 266. The number of nitriles is 1. The van der Waals surface area contributed by atoms with Crippen molar-refractivity contribution in [1.82, 2.24) is 0 Å². The summed E-state index contributed by atoms with van der Waals surface area (Å²) in [6.45, 7) is 2.21. The van der Waals surface area contributed by atoms with Crippen molar-refractivity contribution in [1.29, 1.82) is 5.26 Å². The molecule has 76 valence electrons. The second-order valence-corrected chi connectivity index (χ2v) is 3.46. The summed E-state index contributed by atoms with van der Waals surface area (Å²) in [7, 11) is 0. The first-order valence-corrected chi connectivity index (χ1v) is 5.02. The molecule has 1 aliphatic carbocycles. The lowest BCUT2D eigenvalue weighted by atomic mass is 9.87. The summed E-state index contributed by atoms with van der Waals surface area (Å²) in [6.07, 6.45) is 5.05. The second-order valence-electron chi connectivity index (χ2n) is 3.46. The van der Waals surface area contributed by atoms with Crippen molar-refractivity contribution in [2.45, 2.75) is 32.6 Å². The molecule has 0 saturated heterocycles. The van der Waals surface area contributed by atoms with Crippen LogP contribution < -0.4 is 0 Å². The molecule has 0 aromatic heterocycles. The number of hydrogen-bond donors (Lipinski definition) is 0. The third-order valence-corrected chi connectivity index (χ3v) is 2.42. The zero-order valence-corrected chi connectivity index (χ0v) is 8.45. The Morgan fingerprint density at radius 3 is 2.79 bits per heavy atom. The van der Waals surface area contributed by atoms with Crippen LogP contribution in [0.25, 0.3) is 0 Å². The molecule has 14 heavy (non-hydrogen) atoms. The van der Waals surface area contributed by atoms with Crippen LogP contribution in [0.2, 0.25) is 0 Å². The van der Waals surface area contributed by atoms with Crippen LogP contribution in [0.15, 0.2) is 11.6 Å². The monoisotopic (exact) mass is 193 g/mol. The number of ether oxygens (including phenoxy) is 1. The van der Waals surface area contributed by atoms with Gasteiger partial charge in [-0.1, -0.05) is 5.57 Å². The molecule has 0 aromatic rings. The molecule has 1 aliphatic rings. The highest BCUT2D eigenvalue weighted by Crippen LogP contribution is 2.27. The van der Waals surface area contributed by atoms with Gasteiger partial charge in [0.1, 0.15) is 0 Å². The van der Waals surface area contributed by atoms with Gasteiger partial charge in [-0.2, -0.15) is 5.26 Å². The minimum absolute atomic E-state index is 0.175. The van der Waals surface area contributed by atoms with E-state index in [0.29, 0.717) is 6.61 Å². The van der Waals surface area contributed by atoms with Gasteiger partial charge in [0, 0.05) is 12.0 Å². The molecule has 0 spiro atoms. The number of esters is 1. The highest BCUT2D eigenvalue weighted by Gasteiger charge is 2.16. The Balaban J connectivity index is 2.41. The molecule has 1 fully saturated rings. The average Bonchev–Trinajstić information content (AvgIpc) is 2.19. The zero-order chi connectivity index (χ0) is 10.4. The first kappa shape index (κ1) is 10.8. The molecule has 0 aliphatic heterocycles. The fourth-order valence-corrected chi connectivity index (χ4v) is 1.61. The van der Waals surface area contributed by atoms with Crippen molar-refractivity contribution in [3.63, 3.8) is 0 Å². The lowest BCUT2D eigenvalue weighted by molar-refractivity contribution is -0.137. The zero-order valence-electron chi connectivity index (χ0n) is 8.45. The van der Waals surface area contributed by atoms with E-state index >= 15 is 0 Å². The fraction of sp³-hybridized carbons (Fsp3) is 0.636. The third kappa shape index (κ3) is 3.21.